The van der Waals surface area contributed by atoms with E-state index in [0.29, 0.717) is 19.3 Å². The molecule has 16 heavy (non-hydrogen) atoms. The van der Waals surface area contributed by atoms with Crippen molar-refractivity contribution in [3.8, 4) is 0 Å². The Hall–Kier alpha value is -1.35. The van der Waals surface area contributed by atoms with Crippen LogP contribution in [0.15, 0.2) is 30.3 Å². The SMILES string of the molecule is CC1(O)CCC(C(=O)O)(c2ccccc2)C1. The number of hydrogen-bond donors (Lipinski definition) is 2. The highest BCUT2D eigenvalue weighted by molar-refractivity contribution is 5.82. The van der Waals surface area contributed by atoms with Gasteiger partial charge < -0.3 is 10.2 Å². The standard InChI is InChI=1S/C13H16O3/c1-12(16)7-8-13(9-12,11(14)15)10-5-3-2-4-6-10/h2-6,16H,7-9H2,1H3,(H,14,15). The van der Waals surface area contributed by atoms with E-state index in [1.54, 1.807) is 6.92 Å². The Labute approximate surface area is 94.7 Å². The summed E-state index contributed by atoms with van der Waals surface area (Å²) in [6.45, 7) is 1.71. The van der Waals surface area contributed by atoms with Gasteiger partial charge in [-0.25, -0.2) is 0 Å². The third-order valence-corrected chi connectivity index (χ3v) is 3.51. The number of carbonyl (C=O) groups is 1. The predicted molar refractivity (Wildman–Crippen MR) is 60.2 cm³/mol. The first-order valence-corrected chi connectivity index (χ1v) is 5.48. The molecule has 0 bridgehead atoms. The highest BCUT2D eigenvalue weighted by atomic mass is 16.4. The number of rotatable bonds is 2. The van der Waals surface area contributed by atoms with Crippen LogP contribution in [-0.4, -0.2) is 21.8 Å². The number of carboxylic acids is 1. The number of hydrogen-bond acceptors (Lipinski definition) is 2. The molecule has 0 radical (unpaired) electrons. The van der Waals surface area contributed by atoms with E-state index in [4.69, 9.17) is 0 Å². The summed E-state index contributed by atoms with van der Waals surface area (Å²) in [5.74, 6) is -0.837. The Bertz CT molecular complexity index is 397. The first-order valence-electron chi connectivity index (χ1n) is 5.48. The molecule has 2 rings (SSSR count). The third kappa shape index (κ3) is 1.71. The van der Waals surface area contributed by atoms with Gasteiger partial charge >= 0.3 is 5.97 Å². The molecule has 0 aliphatic heterocycles. The second kappa shape index (κ2) is 3.59. The molecule has 1 fully saturated rings. The molecule has 0 aromatic heterocycles. The summed E-state index contributed by atoms with van der Waals surface area (Å²) in [5.41, 5.74) is -0.987. The zero-order chi connectivity index (χ0) is 11.8. The molecule has 2 N–H and O–H groups in total. The van der Waals surface area contributed by atoms with Crippen molar-refractivity contribution in [1.29, 1.82) is 0 Å². The summed E-state index contributed by atoms with van der Waals surface area (Å²) < 4.78 is 0. The lowest BCUT2D eigenvalue weighted by Gasteiger charge is -2.26. The van der Waals surface area contributed by atoms with Crippen LogP contribution in [-0.2, 0) is 10.2 Å². The first kappa shape index (κ1) is 11.1. The highest BCUT2D eigenvalue weighted by Gasteiger charge is 2.51. The maximum absolute atomic E-state index is 11.5. The normalized spacial score (nSPS) is 33.9. The highest BCUT2D eigenvalue weighted by Crippen LogP contribution is 2.46. The summed E-state index contributed by atoms with van der Waals surface area (Å²) in [6.07, 6.45) is 1.33. The Morgan fingerprint density at radius 1 is 1.25 bits per heavy atom. The predicted octanol–water partition coefficient (Wildman–Crippen LogP) is 1.94. The van der Waals surface area contributed by atoms with Gasteiger partial charge in [0.15, 0.2) is 0 Å². The number of benzene rings is 1. The van der Waals surface area contributed by atoms with E-state index in [0.717, 1.165) is 5.56 Å². The van der Waals surface area contributed by atoms with Crippen LogP contribution in [0.5, 0.6) is 0 Å². The van der Waals surface area contributed by atoms with E-state index in [1.165, 1.54) is 0 Å². The van der Waals surface area contributed by atoms with Crippen LogP contribution in [0.25, 0.3) is 0 Å². The van der Waals surface area contributed by atoms with Gasteiger partial charge in [0.1, 0.15) is 0 Å². The summed E-state index contributed by atoms with van der Waals surface area (Å²) in [4.78, 5) is 11.5. The fraction of sp³-hybridized carbons (Fsp3) is 0.462. The van der Waals surface area contributed by atoms with Gasteiger partial charge in [0, 0.05) is 0 Å². The smallest absolute Gasteiger partial charge is 0.314 e. The van der Waals surface area contributed by atoms with Crippen LogP contribution >= 0.6 is 0 Å². The molecule has 0 spiro atoms. The van der Waals surface area contributed by atoms with Crippen molar-refractivity contribution in [2.45, 2.75) is 37.2 Å². The first-order chi connectivity index (χ1) is 7.46. The molecule has 3 nitrogen and oxygen atoms in total. The van der Waals surface area contributed by atoms with Crippen LogP contribution in [0.2, 0.25) is 0 Å². The van der Waals surface area contributed by atoms with Crippen molar-refractivity contribution in [2.75, 3.05) is 0 Å². The molecule has 0 amide bonds. The zero-order valence-electron chi connectivity index (χ0n) is 9.31. The minimum absolute atomic E-state index is 0.291. The molecule has 1 aromatic rings. The van der Waals surface area contributed by atoms with Gasteiger partial charge in [-0.15, -0.1) is 0 Å². The van der Waals surface area contributed by atoms with E-state index >= 15 is 0 Å². The van der Waals surface area contributed by atoms with Crippen LogP contribution in [0.4, 0.5) is 0 Å². The quantitative estimate of drug-likeness (QED) is 0.800. The van der Waals surface area contributed by atoms with Gasteiger partial charge in [-0.05, 0) is 31.7 Å². The Kier molecular flexibility index (Phi) is 2.50. The second-order valence-corrected chi connectivity index (χ2v) is 4.93. The minimum atomic E-state index is -0.912. The van der Waals surface area contributed by atoms with E-state index in [9.17, 15) is 15.0 Å². The lowest BCUT2D eigenvalue weighted by molar-refractivity contribution is -0.144. The van der Waals surface area contributed by atoms with Crippen LogP contribution in [0.1, 0.15) is 31.7 Å². The maximum Gasteiger partial charge on any atom is 0.314 e. The number of carboxylic acid groups (broad SMARTS) is 1. The Morgan fingerprint density at radius 3 is 2.31 bits per heavy atom. The van der Waals surface area contributed by atoms with E-state index in [2.05, 4.69) is 0 Å². The number of aliphatic carboxylic acids is 1. The van der Waals surface area contributed by atoms with E-state index in [-0.39, 0.29) is 0 Å². The molecule has 1 aliphatic carbocycles. The largest absolute Gasteiger partial charge is 0.481 e. The van der Waals surface area contributed by atoms with Crippen molar-refractivity contribution >= 4 is 5.97 Å². The Morgan fingerprint density at radius 2 is 1.88 bits per heavy atom. The second-order valence-electron chi connectivity index (χ2n) is 4.93. The van der Waals surface area contributed by atoms with Crippen molar-refractivity contribution in [3.63, 3.8) is 0 Å². The van der Waals surface area contributed by atoms with Crippen molar-refractivity contribution < 1.29 is 15.0 Å². The molecule has 1 saturated carbocycles. The summed E-state index contributed by atoms with van der Waals surface area (Å²) in [5, 5.41) is 19.4. The zero-order valence-corrected chi connectivity index (χ0v) is 9.31. The average molecular weight is 220 g/mol. The van der Waals surface area contributed by atoms with Crippen molar-refractivity contribution in [1.82, 2.24) is 0 Å². The summed E-state index contributed by atoms with van der Waals surface area (Å²) in [6, 6.07) is 9.21. The maximum atomic E-state index is 11.5. The van der Waals surface area contributed by atoms with Gasteiger partial charge in [-0.3, -0.25) is 4.79 Å². The molecule has 1 aliphatic rings. The molecular weight excluding hydrogens is 204 g/mol. The van der Waals surface area contributed by atoms with E-state index < -0.39 is 17.0 Å². The Balaban J connectivity index is 2.43. The minimum Gasteiger partial charge on any atom is -0.481 e. The molecule has 2 unspecified atom stereocenters. The fourth-order valence-corrected chi connectivity index (χ4v) is 2.62. The van der Waals surface area contributed by atoms with Gasteiger partial charge in [0.25, 0.3) is 0 Å². The van der Waals surface area contributed by atoms with Crippen LogP contribution in [0, 0.1) is 0 Å². The van der Waals surface area contributed by atoms with Crippen molar-refractivity contribution in [3.05, 3.63) is 35.9 Å². The number of aliphatic hydroxyl groups is 1. The van der Waals surface area contributed by atoms with Crippen LogP contribution < -0.4 is 0 Å². The monoisotopic (exact) mass is 220 g/mol. The van der Waals surface area contributed by atoms with Gasteiger partial charge in [-0.1, -0.05) is 30.3 Å². The molecule has 3 heteroatoms. The molecular formula is C13H16O3. The molecule has 0 saturated heterocycles. The summed E-state index contributed by atoms with van der Waals surface area (Å²) in [7, 11) is 0. The average Bonchev–Trinajstić information content (AvgIpc) is 2.57. The van der Waals surface area contributed by atoms with Crippen molar-refractivity contribution in [2.24, 2.45) is 0 Å². The molecule has 1 aromatic carbocycles. The van der Waals surface area contributed by atoms with Gasteiger partial charge in [0.2, 0.25) is 0 Å². The summed E-state index contributed by atoms with van der Waals surface area (Å²) >= 11 is 0. The van der Waals surface area contributed by atoms with Gasteiger partial charge in [0.05, 0.1) is 11.0 Å². The topological polar surface area (TPSA) is 57.5 Å². The lowest BCUT2D eigenvalue weighted by Crippen LogP contribution is -2.35. The molecule has 0 heterocycles. The third-order valence-electron chi connectivity index (χ3n) is 3.51. The van der Waals surface area contributed by atoms with Crippen LogP contribution in [0.3, 0.4) is 0 Å². The van der Waals surface area contributed by atoms with Gasteiger partial charge in [-0.2, -0.15) is 0 Å². The van der Waals surface area contributed by atoms with E-state index in [1.807, 2.05) is 30.3 Å². The fourth-order valence-electron chi connectivity index (χ4n) is 2.62. The molecule has 86 valence electrons. The lowest BCUT2D eigenvalue weighted by atomic mass is 9.78. The molecule has 2 atom stereocenters.